The third kappa shape index (κ3) is 6.66. The van der Waals surface area contributed by atoms with Gasteiger partial charge in [0, 0.05) is 18.5 Å². The Balaban J connectivity index is 2.27. The third-order valence-electron chi connectivity index (χ3n) is 6.62. The molecule has 0 bridgehead atoms. The maximum atomic E-state index is 13.2. The Morgan fingerprint density at radius 3 is 2.10 bits per heavy atom. The Hall–Kier alpha value is -1.66. The van der Waals surface area contributed by atoms with E-state index in [1.807, 2.05) is 51.1 Å². The highest BCUT2D eigenvalue weighted by Gasteiger charge is 2.45. The van der Waals surface area contributed by atoms with Crippen molar-refractivity contribution in [1.82, 2.24) is 4.90 Å². The summed E-state index contributed by atoms with van der Waals surface area (Å²) in [6.45, 7) is 16.7. The number of carbonyl (C=O) groups is 2. The van der Waals surface area contributed by atoms with Crippen molar-refractivity contribution in [2.45, 2.75) is 96.7 Å². The molecule has 0 saturated heterocycles. The molecular formula is C25H41NO4Si. The zero-order valence-corrected chi connectivity index (χ0v) is 21.8. The van der Waals surface area contributed by atoms with Crippen molar-refractivity contribution in [3.63, 3.8) is 0 Å². The van der Waals surface area contributed by atoms with Crippen molar-refractivity contribution in [2.24, 2.45) is 5.92 Å². The molecule has 5 nitrogen and oxygen atoms in total. The average Bonchev–Trinajstić information content (AvgIpc) is 2.65. The smallest absolute Gasteiger partial charge is 0.410 e. The van der Waals surface area contributed by atoms with Crippen LogP contribution in [0, 0.1) is 5.92 Å². The highest BCUT2D eigenvalue weighted by Crippen LogP contribution is 2.41. The number of Topliss-reactive ketones (excluding diaryl/α,β-unsaturated/α-hetero) is 1. The molecule has 1 aliphatic carbocycles. The van der Waals surface area contributed by atoms with Crippen LogP contribution in [0.4, 0.5) is 4.79 Å². The highest BCUT2D eigenvalue weighted by molar-refractivity contribution is 6.74. The van der Waals surface area contributed by atoms with E-state index in [9.17, 15) is 9.59 Å². The first-order chi connectivity index (χ1) is 14.1. The summed E-state index contributed by atoms with van der Waals surface area (Å²) >= 11 is 0. The van der Waals surface area contributed by atoms with Crippen LogP contribution in [-0.2, 0) is 9.16 Å². The zero-order chi connectivity index (χ0) is 23.6. The van der Waals surface area contributed by atoms with Crippen molar-refractivity contribution in [3.8, 4) is 0 Å². The largest absolute Gasteiger partial charge is 0.444 e. The molecule has 0 unspecified atom stereocenters. The van der Waals surface area contributed by atoms with E-state index < -0.39 is 13.9 Å². The third-order valence-corrected chi connectivity index (χ3v) is 11.1. The summed E-state index contributed by atoms with van der Waals surface area (Å²) in [5, 5.41) is 0.0401. The second-order valence-electron chi connectivity index (χ2n) is 11.3. The molecule has 1 saturated carbocycles. The predicted molar refractivity (Wildman–Crippen MR) is 128 cm³/mol. The first-order valence-corrected chi connectivity index (χ1v) is 14.3. The normalized spacial score (nSPS) is 22.7. The Morgan fingerprint density at radius 2 is 1.58 bits per heavy atom. The Bertz CT molecular complexity index is 764. The van der Waals surface area contributed by atoms with Gasteiger partial charge in [-0.2, -0.15) is 0 Å². The van der Waals surface area contributed by atoms with Gasteiger partial charge in [-0.05, 0) is 58.2 Å². The molecule has 0 spiro atoms. The molecule has 1 aliphatic rings. The number of hydrogen-bond donors (Lipinski definition) is 0. The summed E-state index contributed by atoms with van der Waals surface area (Å²) in [5.74, 6) is 0.0725. The van der Waals surface area contributed by atoms with Gasteiger partial charge in [0.05, 0.1) is 12.1 Å². The second kappa shape index (κ2) is 9.45. The fourth-order valence-corrected chi connectivity index (χ4v) is 5.15. The van der Waals surface area contributed by atoms with Gasteiger partial charge in [-0.1, -0.05) is 51.1 Å². The number of amides is 1. The fourth-order valence-electron chi connectivity index (χ4n) is 3.78. The number of nitrogens with zero attached hydrogens (tertiary/aromatic N) is 1. The van der Waals surface area contributed by atoms with E-state index in [1.54, 1.807) is 11.9 Å². The summed E-state index contributed by atoms with van der Waals surface area (Å²) in [7, 11) is -0.304. The Kier molecular flexibility index (Phi) is 7.80. The molecule has 174 valence electrons. The molecule has 31 heavy (non-hydrogen) atoms. The summed E-state index contributed by atoms with van der Waals surface area (Å²) in [6.07, 6.45) is 1.55. The van der Waals surface area contributed by atoms with Gasteiger partial charge in [-0.3, -0.25) is 4.79 Å². The highest BCUT2D eigenvalue weighted by atomic mass is 28.4. The monoisotopic (exact) mass is 447 g/mol. The molecule has 0 aromatic heterocycles. The molecular weight excluding hydrogens is 406 g/mol. The van der Waals surface area contributed by atoms with Crippen LogP contribution in [0.15, 0.2) is 30.3 Å². The van der Waals surface area contributed by atoms with Gasteiger partial charge in [0.2, 0.25) is 0 Å². The summed E-state index contributed by atoms with van der Waals surface area (Å²) in [5.41, 5.74) is 0.194. The van der Waals surface area contributed by atoms with E-state index in [4.69, 9.17) is 9.16 Å². The molecule has 1 aromatic rings. The van der Waals surface area contributed by atoms with Gasteiger partial charge in [-0.15, -0.1) is 0 Å². The van der Waals surface area contributed by atoms with Crippen LogP contribution in [0.25, 0.3) is 0 Å². The van der Waals surface area contributed by atoms with Crippen LogP contribution in [0.1, 0.15) is 71.2 Å². The van der Waals surface area contributed by atoms with E-state index in [2.05, 4.69) is 33.9 Å². The summed E-state index contributed by atoms with van der Waals surface area (Å²) < 4.78 is 12.4. The molecule has 1 fully saturated rings. The number of ether oxygens (including phenoxy) is 1. The maximum Gasteiger partial charge on any atom is 0.410 e. The molecule has 3 atom stereocenters. The van der Waals surface area contributed by atoms with Gasteiger partial charge in [-0.25, -0.2) is 4.79 Å². The topological polar surface area (TPSA) is 55.8 Å². The van der Waals surface area contributed by atoms with E-state index in [0.717, 1.165) is 18.4 Å². The number of likely N-dealkylation sites (N-methyl/N-ethyl adjacent to an activating group) is 1. The molecule has 0 N–H and O–H groups in total. The van der Waals surface area contributed by atoms with E-state index in [1.165, 1.54) is 0 Å². The predicted octanol–water partition coefficient (Wildman–Crippen LogP) is 6.30. The lowest BCUT2D eigenvalue weighted by atomic mass is 9.79. The Morgan fingerprint density at radius 1 is 1.00 bits per heavy atom. The number of ketones is 1. The van der Waals surface area contributed by atoms with Crippen LogP contribution in [0.3, 0.4) is 0 Å². The van der Waals surface area contributed by atoms with E-state index in [0.29, 0.717) is 6.42 Å². The molecule has 1 aromatic carbocycles. The van der Waals surface area contributed by atoms with E-state index >= 15 is 0 Å². The number of carbonyl (C=O) groups excluding carboxylic acids is 2. The number of rotatable bonds is 5. The minimum Gasteiger partial charge on any atom is -0.444 e. The van der Waals surface area contributed by atoms with Crippen LogP contribution in [0.5, 0.6) is 0 Å². The number of benzene rings is 1. The van der Waals surface area contributed by atoms with E-state index in [-0.39, 0.29) is 35.0 Å². The van der Waals surface area contributed by atoms with Gasteiger partial charge >= 0.3 is 6.09 Å². The number of hydrogen-bond acceptors (Lipinski definition) is 4. The lowest BCUT2D eigenvalue weighted by Crippen LogP contribution is -2.55. The molecule has 0 aliphatic heterocycles. The average molecular weight is 448 g/mol. The van der Waals surface area contributed by atoms with Crippen LogP contribution in [-0.4, -0.2) is 49.9 Å². The molecule has 0 heterocycles. The van der Waals surface area contributed by atoms with Crippen molar-refractivity contribution >= 4 is 20.2 Å². The van der Waals surface area contributed by atoms with Gasteiger partial charge in [0.15, 0.2) is 14.1 Å². The maximum absolute atomic E-state index is 13.2. The minimum absolute atomic E-state index is 0.0401. The minimum atomic E-state index is -2.10. The lowest BCUT2D eigenvalue weighted by molar-refractivity contribution is -0.0109. The first kappa shape index (κ1) is 25.6. The van der Waals surface area contributed by atoms with Crippen LogP contribution in [0.2, 0.25) is 18.1 Å². The SMILES string of the molecule is CN(C(=O)OC(C)(C)C)[C@@H]1CC[C@H](C(=O)c2ccccc2)C[C@H]1O[Si](C)(C)C(C)(C)C. The van der Waals surface area contributed by atoms with Crippen LogP contribution < -0.4 is 0 Å². The van der Waals surface area contributed by atoms with Gasteiger partial charge in [0.1, 0.15) is 5.60 Å². The summed E-state index contributed by atoms with van der Waals surface area (Å²) in [4.78, 5) is 27.6. The van der Waals surface area contributed by atoms with Gasteiger partial charge < -0.3 is 14.1 Å². The quantitative estimate of drug-likeness (QED) is 0.393. The molecule has 2 rings (SSSR count). The summed E-state index contributed by atoms with van der Waals surface area (Å²) in [6, 6.07) is 9.38. The van der Waals surface area contributed by atoms with Crippen LogP contribution >= 0.6 is 0 Å². The molecule has 0 radical (unpaired) electrons. The molecule has 1 amide bonds. The fraction of sp³-hybridized carbons (Fsp3) is 0.680. The van der Waals surface area contributed by atoms with Gasteiger partial charge in [0.25, 0.3) is 0 Å². The lowest BCUT2D eigenvalue weighted by Gasteiger charge is -2.46. The van der Waals surface area contributed by atoms with Crippen molar-refractivity contribution in [2.75, 3.05) is 7.05 Å². The van der Waals surface area contributed by atoms with Crippen molar-refractivity contribution in [3.05, 3.63) is 35.9 Å². The van der Waals surface area contributed by atoms with Crippen molar-refractivity contribution in [1.29, 1.82) is 0 Å². The van der Waals surface area contributed by atoms with Crippen molar-refractivity contribution < 1.29 is 18.8 Å². The Labute approximate surface area is 189 Å². The zero-order valence-electron chi connectivity index (χ0n) is 20.8. The molecule has 6 heteroatoms. The second-order valence-corrected chi connectivity index (χ2v) is 16.1. The standard InChI is InChI=1S/C25H41NO4Si/c1-24(2,3)29-23(28)26(7)20-16-15-19(22(27)18-13-11-10-12-14-18)17-21(20)30-31(8,9)25(4,5)6/h10-14,19-21H,15-17H2,1-9H3/t19-,20+,21+/m0/s1. The first-order valence-electron chi connectivity index (χ1n) is 11.4.